The summed E-state index contributed by atoms with van der Waals surface area (Å²) in [5, 5.41) is 3.44. The number of esters is 1. The van der Waals surface area contributed by atoms with Crippen LogP contribution >= 0.6 is 0 Å². The van der Waals surface area contributed by atoms with Gasteiger partial charge in [0.25, 0.3) is 0 Å². The van der Waals surface area contributed by atoms with Crippen LogP contribution in [0.1, 0.15) is 45.4 Å². The Labute approximate surface area is 108 Å². The maximum atomic E-state index is 12.0. The van der Waals surface area contributed by atoms with Gasteiger partial charge in [0.1, 0.15) is 5.78 Å². The largest absolute Gasteiger partial charge is 0.466 e. The predicted molar refractivity (Wildman–Crippen MR) is 68.1 cm³/mol. The summed E-state index contributed by atoms with van der Waals surface area (Å²) < 4.78 is 5.08. The molecule has 2 aliphatic rings. The van der Waals surface area contributed by atoms with Crippen molar-refractivity contribution in [2.75, 3.05) is 13.2 Å². The molecule has 18 heavy (non-hydrogen) atoms. The molecule has 3 atom stereocenters. The van der Waals surface area contributed by atoms with E-state index in [2.05, 4.69) is 5.32 Å². The molecule has 0 aromatic heterocycles. The summed E-state index contributed by atoms with van der Waals surface area (Å²) in [5.41, 5.74) is 0. The van der Waals surface area contributed by atoms with Crippen molar-refractivity contribution in [3.05, 3.63) is 0 Å². The summed E-state index contributed by atoms with van der Waals surface area (Å²) >= 11 is 0. The molecular formula is C14H23NO3. The van der Waals surface area contributed by atoms with E-state index in [1.165, 1.54) is 12.8 Å². The van der Waals surface area contributed by atoms with Crippen LogP contribution in [0.4, 0.5) is 0 Å². The molecule has 2 fully saturated rings. The first-order valence-corrected chi connectivity index (χ1v) is 7.15. The Bertz CT molecular complexity index is 310. The molecule has 0 bridgehead atoms. The van der Waals surface area contributed by atoms with Gasteiger partial charge in [-0.1, -0.05) is 6.42 Å². The smallest absolute Gasteiger partial charge is 0.308 e. The SMILES string of the molecule is CCOC(=O)C1CCC(=O)C(C2CCCCN2)C1. The van der Waals surface area contributed by atoms with Crippen LogP contribution in [0.5, 0.6) is 0 Å². The first-order chi connectivity index (χ1) is 8.72. The molecule has 102 valence electrons. The van der Waals surface area contributed by atoms with Gasteiger partial charge in [-0.2, -0.15) is 0 Å². The van der Waals surface area contributed by atoms with Crippen molar-refractivity contribution in [1.29, 1.82) is 0 Å². The van der Waals surface area contributed by atoms with Gasteiger partial charge in [-0.15, -0.1) is 0 Å². The number of ketones is 1. The van der Waals surface area contributed by atoms with Crippen molar-refractivity contribution in [3.8, 4) is 0 Å². The van der Waals surface area contributed by atoms with Gasteiger partial charge >= 0.3 is 5.97 Å². The van der Waals surface area contributed by atoms with Crippen LogP contribution in [-0.4, -0.2) is 30.9 Å². The van der Waals surface area contributed by atoms with E-state index in [4.69, 9.17) is 4.74 Å². The molecular weight excluding hydrogens is 230 g/mol. The number of ether oxygens (including phenoxy) is 1. The molecule has 1 N–H and O–H groups in total. The molecule has 2 rings (SSSR count). The second-order valence-corrected chi connectivity index (χ2v) is 5.35. The quantitative estimate of drug-likeness (QED) is 0.777. The fourth-order valence-corrected chi connectivity index (χ4v) is 3.14. The van der Waals surface area contributed by atoms with E-state index in [9.17, 15) is 9.59 Å². The Morgan fingerprint density at radius 1 is 1.39 bits per heavy atom. The zero-order valence-electron chi connectivity index (χ0n) is 11.1. The number of rotatable bonds is 3. The van der Waals surface area contributed by atoms with Crippen molar-refractivity contribution in [2.45, 2.75) is 51.5 Å². The summed E-state index contributed by atoms with van der Waals surface area (Å²) in [7, 11) is 0. The molecule has 3 unspecified atom stereocenters. The Morgan fingerprint density at radius 3 is 2.89 bits per heavy atom. The van der Waals surface area contributed by atoms with Crippen molar-refractivity contribution in [2.24, 2.45) is 11.8 Å². The number of piperidine rings is 1. The molecule has 1 saturated heterocycles. The van der Waals surface area contributed by atoms with Gasteiger partial charge in [0.05, 0.1) is 12.5 Å². The minimum absolute atomic E-state index is 0.0217. The molecule has 4 heteroatoms. The highest BCUT2D eigenvalue weighted by molar-refractivity contribution is 5.85. The predicted octanol–water partition coefficient (Wildman–Crippen LogP) is 1.68. The van der Waals surface area contributed by atoms with Gasteiger partial charge in [-0.05, 0) is 39.2 Å². The van der Waals surface area contributed by atoms with Gasteiger partial charge in [0.2, 0.25) is 0 Å². The fraction of sp³-hybridized carbons (Fsp3) is 0.857. The van der Waals surface area contributed by atoms with Gasteiger partial charge < -0.3 is 10.1 Å². The number of nitrogens with one attached hydrogen (secondary N) is 1. The fourth-order valence-electron chi connectivity index (χ4n) is 3.14. The topological polar surface area (TPSA) is 55.4 Å². The maximum Gasteiger partial charge on any atom is 0.308 e. The molecule has 1 saturated carbocycles. The number of hydrogen-bond acceptors (Lipinski definition) is 4. The third-order valence-corrected chi connectivity index (χ3v) is 4.15. The van der Waals surface area contributed by atoms with Crippen LogP contribution in [0.25, 0.3) is 0 Å². The van der Waals surface area contributed by atoms with Crippen molar-refractivity contribution in [3.63, 3.8) is 0 Å². The van der Waals surface area contributed by atoms with Crippen LogP contribution in [-0.2, 0) is 14.3 Å². The average Bonchev–Trinajstić information content (AvgIpc) is 2.40. The molecule has 1 aliphatic heterocycles. The van der Waals surface area contributed by atoms with E-state index >= 15 is 0 Å². The minimum atomic E-state index is -0.120. The highest BCUT2D eigenvalue weighted by Gasteiger charge is 2.37. The lowest BCUT2D eigenvalue weighted by Crippen LogP contribution is -2.46. The summed E-state index contributed by atoms with van der Waals surface area (Å²) in [6.45, 7) is 3.25. The summed E-state index contributed by atoms with van der Waals surface area (Å²) in [5.74, 6) is 0.158. The lowest BCUT2D eigenvalue weighted by Gasteiger charge is -2.35. The number of carbonyl (C=O) groups excluding carboxylic acids is 2. The average molecular weight is 253 g/mol. The van der Waals surface area contributed by atoms with Crippen LogP contribution in [0.3, 0.4) is 0 Å². The zero-order chi connectivity index (χ0) is 13.0. The minimum Gasteiger partial charge on any atom is -0.466 e. The van der Waals surface area contributed by atoms with E-state index < -0.39 is 0 Å². The molecule has 4 nitrogen and oxygen atoms in total. The van der Waals surface area contributed by atoms with E-state index in [1.807, 2.05) is 6.92 Å². The van der Waals surface area contributed by atoms with Gasteiger partial charge in [0.15, 0.2) is 0 Å². The molecule has 1 aliphatic carbocycles. The molecule has 0 aromatic rings. The first kappa shape index (κ1) is 13.5. The highest BCUT2D eigenvalue weighted by atomic mass is 16.5. The highest BCUT2D eigenvalue weighted by Crippen LogP contribution is 2.32. The van der Waals surface area contributed by atoms with E-state index in [-0.39, 0.29) is 23.8 Å². The monoisotopic (exact) mass is 253 g/mol. The standard InChI is InChI=1S/C14H23NO3/c1-2-18-14(17)10-6-7-13(16)11(9-10)12-5-3-4-8-15-12/h10-12,15H,2-9H2,1H3. The Balaban J connectivity index is 1.95. The number of hydrogen-bond donors (Lipinski definition) is 1. The third-order valence-electron chi connectivity index (χ3n) is 4.15. The summed E-state index contributed by atoms with van der Waals surface area (Å²) in [6, 6.07) is 0.281. The van der Waals surface area contributed by atoms with E-state index in [1.54, 1.807) is 0 Å². The van der Waals surface area contributed by atoms with Gasteiger partial charge in [0, 0.05) is 18.4 Å². The Kier molecular flexibility index (Phi) is 4.75. The first-order valence-electron chi connectivity index (χ1n) is 7.15. The van der Waals surface area contributed by atoms with Gasteiger partial charge in [-0.3, -0.25) is 9.59 Å². The molecule has 0 radical (unpaired) electrons. The molecule has 0 spiro atoms. The van der Waals surface area contributed by atoms with Gasteiger partial charge in [-0.25, -0.2) is 0 Å². The normalized spacial score (nSPS) is 33.2. The summed E-state index contributed by atoms with van der Waals surface area (Å²) in [6.07, 6.45) is 5.32. The Morgan fingerprint density at radius 2 is 2.22 bits per heavy atom. The van der Waals surface area contributed by atoms with Crippen LogP contribution in [0, 0.1) is 11.8 Å². The molecule has 0 amide bonds. The lowest BCUT2D eigenvalue weighted by atomic mass is 9.75. The van der Waals surface area contributed by atoms with E-state index in [0.717, 1.165) is 13.0 Å². The van der Waals surface area contributed by atoms with Crippen LogP contribution in [0.2, 0.25) is 0 Å². The third kappa shape index (κ3) is 3.10. The summed E-state index contributed by atoms with van der Waals surface area (Å²) in [4.78, 5) is 23.8. The molecule has 0 aromatic carbocycles. The van der Waals surface area contributed by atoms with E-state index in [0.29, 0.717) is 31.7 Å². The second-order valence-electron chi connectivity index (χ2n) is 5.35. The number of Topliss-reactive ketones (excluding diaryl/α,β-unsaturated/α-hetero) is 1. The Hall–Kier alpha value is -0.900. The maximum absolute atomic E-state index is 12.0. The van der Waals surface area contributed by atoms with Crippen LogP contribution in [0.15, 0.2) is 0 Å². The number of carbonyl (C=O) groups is 2. The second kappa shape index (κ2) is 6.32. The van der Waals surface area contributed by atoms with Crippen LogP contribution < -0.4 is 5.32 Å². The van der Waals surface area contributed by atoms with Crippen molar-refractivity contribution in [1.82, 2.24) is 5.32 Å². The van der Waals surface area contributed by atoms with Crippen molar-refractivity contribution >= 4 is 11.8 Å². The lowest BCUT2D eigenvalue weighted by molar-refractivity contribution is -0.150. The zero-order valence-corrected chi connectivity index (χ0v) is 11.1. The van der Waals surface area contributed by atoms with Crippen molar-refractivity contribution < 1.29 is 14.3 Å². The molecule has 1 heterocycles.